The molecular weight excluding hydrogens is 452 g/mol. The Kier molecular flexibility index (Phi) is 7.11. The largest absolute Gasteiger partial charge is 0.491 e. The maximum atomic E-state index is 12.4. The van der Waals surface area contributed by atoms with Gasteiger partial charge in [-0.2, -0.15) is 0 Å². The van der Waals surface area contributed by atoms with Gasteiger partial charge in [0.05, 0.1) is 11.0 Å². The first-order valence-corrected chi connectivity index (χ1v) is 11.5. The first kappa shape index (κ1) is 23.2. The van der Waals surface area contributed by atoms with Crippen LogP contribution in [0.3, 0.4) is 0 Å². The summed E-state index contributed by atoms with van der Waals surface area (Å²) < 4.78 is 37.6. The van der Waals surface area contributed by atoms with E-state index < -0.39 is 15.9 Å². The first-order valence-electron chi connectivity index (χ1n) is 9.57. The molecule has 0 aliphatic carbocycles. The monoisotopic (exact) mass is 474 g/mol. The Bertz CT molecular complexity index is 1220. The smallest absolute Gasteiger partial charge is 0.263 e. The molecule has 0 bridgehead atoms. The van der Waals surface area contributed by atoms with E-state index in [1.165, 1.54) is 30.3 Å². The molecule has 0 atom stereocenters. The topological polar surface area (TPSA) is 123 Å². The van der Waals surface area contributed by atoms with Crippen molar-refractivity contribution in [1.29, 1.82) is 0 Å². The fraction of sp³-hybridized carbons (Fsp3) is 0.190. The second kappa shape index (κ2) is 9.79. The van der Waals surface area contributed by atoms with E-state index in [0.717, 1.165) is 0 Å². The van der Waals surface area contributed by atoms with Gasteiger partial charge in [-0.3, -0.25) is 14.8 Å². The van der Waals surface area contributed by atoms with Crippen molar-refractivity contribution in [1.82, 2.24) is 10.5 Å². The number of amides is 1. The first-order chi connectivity index (χ1) is 15.1. The lowest BCUT2D eigenvalue weighted by atomic mass is 10.2. The molecule has 11 heteroatoms. The van der Waals surface area contributed by atoms with Gasteiger partial charge >= 0.3 is 0 Å². The molecule has 0 aliphatic heterocycles. The van der Waals surface area contributed by atoms with Crippen molar-refractivity contribution in [2.24, 2.45) is 0 Å². The summed E-state index contributed by atoms with van der Waals surface area (Å²) in [6.07, 6.45) is -0.0156. The van der Waals surface area contributed by atoms with E-state index in [9.17, 15) is 13.2 Å². The fourth-order valence-corrected chi connectivity index (χ4v) is 3.84. The van der Waals surface area contributed by atoms with Gasteiger partial charge in [0.25, 0.3) is 15.9 Å². The van der Waals surface area contributed by atoms with Gasteiger partial charge in [-0.15, -0.1) is 0 Å². The van der Waals surface area contributed by atoms with E-state index >= 15 is 0 Å². The number of aryl methyl sites for hydroxylation is 1. The van der Waals surface area contributed by atoms with Crippen molar-refractivity contribution in [3.63, 3.8) is 0 Å². The zero-order valence-electron chi connectivity index (χ0n) is 17.6. The molecule has 3 N–H and O–H groups in total. The summed E-state index contributed by atoms with van der Waals surface area (Å²) in [5, 5.41) is 9.11. The summed E-state index contributed by atoms with van der Waals surface area (Å²) in [6, 6.07) is 14.1. The minimum atomic E-state index is -3.83. The number of ether oxygens (including phenoxy) is 1. The third-order valence-corrected chi connectivity index (χ3v) is 5.56. The van der Waals surface area contributed by atoms with Gasteiger partial charge in [0.2, 0.25) is 0 Å². The number of hydrogen-bond donors (Lipinski definition) is 3. The Morgan fingerprint density at radius 1 is 1.12 bits per heavy atom. The summed E-state index contributed by atoms with van der Waals surface area (Å²) in [5.74, 6) is 0.758. The lowest BCUT2D eigenvalue weighted by Crippen LogP contribution is -2.34. The number of carbonyl (C=O) groups is 1. The van der Waals surface area contributed by atoms with Crippen molar-refractivity contribution in [3.8, 4) is 5.75 Å². The Morgan fingerprint density at radius 2 is 1.84 bits per heavy atom. The van der Waals surface area contributed by atoms with E-state index in [-0.39, 0.29) is 21.9 Å². The summed E-state index contributed by atoms with van der Waals surface area (Å²) in [7, 11) is -3.83. The summed E-state index contributed by atoms with van der Waals surface area (Å²) in [6.45, 7) is 5.45. The van der Waals surface area contributed by atoms with Gasteiger partial charge in [0.1, 0.15) is 11.5 Å². The average molecular weight is 475 g/mol. The van der Waals surface area contributed by atoms with E-state index in [1.807, 2.05) is 13.8 Å². The predicted molar refractivity (Wildman–Crippen MR) is 124 cm³/mol. The molecule has 168 valence electrons. The quantitative estimate of drug-likeness (QED) is 0.443. The third-order valence-electron chi connectivity index (χ3n) is 3.98. The van der Waals surface area contributed by atoms with Gasteiger partial charge in [-0.25, -0.2) is 8.42 Å². The summed E-state index contributed by atoms with van der Waals surface area (Å²) in [5.41, 5.74) is 0.895. The minimum absolute atomic E-state index is 0.0156. The normalized spacial score (nSPS) is 11.1. The van der Waals surface area contributed by atoms with Gasteiger partial charge in [0, 0.05) is 17.3 Å². The molecule has 9 nitrogen and oxygen atoms in total. The van der Waals surface area contributed by atoms with Crippen LogP contribution in [0.2, 0.25) is 0 Å². The number of carbonyl (C=O) groups excluding carboxylic acids is 1. The third kappa shape index (κ3) is 6.28. The molecule has 0 spiro atoms. The second-order valence-corrected chi connectivity index (χ2v) is 9.15. The number of benzene rings is 2. The predicted octanol–water partition coefficient (Wildman–Crippen LogP) is 3.70. The molecule has 3 rings (SSSR count). The Morgan fingerprint density at radius 3 is 2.47 bits per heavy atom. The van der Waals surface area contributed by atoms with Crippen molar-refractivity contribution in [2.45, 2.75) is 31.8 Å². The number of sulfonamides is 1. The highest BCUT2D eigenvalue weighted by Gasteiger charge is 2.16. The van der Waals surface area contributed by atoms with E-state index in [1.54, 1.807) is 31.2 Å². The molecule has 0 unspecified atom stereocenters. The van der Waals surface area contributed by atoms with Crippen molar-refractivity contribution in [3.05, 3.63) is 65.9 Å². The summed E-state index contributed by atoms with van der Waals surface area (Å²) in [4.78, 5) is 12.5. The van der Waals surface area contributed by atoms with Crippen LogP contribution in [0.25, 0.3) is 0 Å². The molecule has 0 saturated heterocycles. The molecule has 1 amide bonds. The zero-order valence-corrected chi connectivity index (χ0v) is 19.2. The standard InChI is InChI=1S/C21H22N4O5S2/c1-13(2)29-17-6-4-5-15(12-17)20(26)23-21(31)22-16-7-9-18(10-8-16)32(27,28)25-19-11-14(3)30-24-19/h4-13H,1-3H3,(H,24,25)(H2,22,23,26,31). The van der Waals surface area contributed by atoms with Gasteiger partial charge in [-0.1, -0.05) is 11.2 Å². The zero-order chi connectivity index (χ0) is 23.3. The van der Waals surface area contributed by atoms with Crippen LogP contribution in [0.4, 0.5) is 11.5 Å². The van der Waals surface area contributed by atoms with Crippen LogP contribution in [0.5, 0.6) is 5.75 Å². The molecule has 1 aromatic heterocycles. The highest BCUT2D eigenvalue weighted by atomic mass is 32.2. The Hall–Kier alpha value is -3.44. The number of nitrogens with zero attached hydrogens (tertiary/aromatic N) is 1. The Balaban J connectivity index is 1.60. The van der Waals surface area contributed by atoms with Crippen LogP contribution in [-0.2, 0) is 10.0 Å². The highest BCUT2D eigenvalue weighted by Crippen LogP contribution is 2.18. The maximum Gasteiger partial charge on any atom is 0.263 e. The molecule has 1 heterocycles. The van der Waals surface area contributed by atoms with Gasteiger partial charge in [0.15, 0.2) is 10.9 Å². The number of hydrogen-bond acceptors (Lipinski definition) is 7. The fourth-order valence-electron chi connectivity index (χ4n) is 2.65. The van der Waals surface area contributed by atoms with Crippen LogP contribution in [0.1, 0.15) is 30.0 Å². The molecule has 0 radical (unpaired) electrons. The molecule has 0 fully saturated rings. The number of rotatable bonds is 7. The lowest BCUT2D eigenvalue weighted by molar-refractivity contribution is 0.0977. The number of anilines is 2. The van der Waals surface area contributed by atoms with Gasteiger partial charge < -0.3 is 14.6 Å². The van der Waals surface area contributed by atoms with Crippen LogP contribution in [-0.4, -0.2) is 30.7 Å². The molecular formula is C21H22N4O5S2. The highest BCUT2D eigenvalue weighted by molar-refractivity contribution is 7.92. The van der Waals surface area contributed by atoms with Crippen molar-refractivity contribution in [2.75, 3.05) is 10.0 Å². The SMILES string of the molecule is Cc1cc(NS(=O)(=O)c2ccc(NC(=S)NC(=O)c3cccc(OC(C)C)c3)cc2)no1. The van der Waals surface area contributed by atoms with Crippen LogP contribution >= 0.6 is 12.2 Å². The van der Waals surface area contributed by atoms with E-state index in [0.29, 0.717) is 22.8 Å². The second-order valence-electron chi connectivity index (χ2n) is 7.06. The van der Waals surface area contributed by atoms with Crippen molar-refractivity contribution >= 4 is 44.8 Å². The minimum Gasteiger partial charge on any atom is -0.491 e. The van der Waals surface area contributed by atoms with Crippen LogP contribution in [0.15, 0.2) is 64.0 Å². The van der Waals surface area contributed by atoms with Crippen LogP contribution < -0.4 is 20.1 Å². The summed E-state index contributed by atoms with van der Waals surface area (Å²) >= 11 is 5.19. The molecule has 2 aromatic carbocycles. The van der Waals surface area contributed by atoms with Crippen LogP contribution in [0, 0.1) is 6.92 Å². The van der Waals surface area contributed by atoms with E-state index in [2.05, 4.69) is 20.5 Å². The molecule has 32 heavy (non-hydrogen) atoms. The number of aromatic nitrogens is 1. The maximum absolute atomic E-state index is 12.4. The van der Waals surface area contributed by atoms with Crippen molar-refractivity contribution < 1.29 is 22.5 Å². The average Bonchev–Trinajstić information content (AvgIpc) is 3.12. The number of thiocarbonyl (C=S) groups is 1. The van der Waals surface area contributed by atoms with E-state index in [4.69, 9.17) is 21.5 Å². The Labute approximate surface area is 191 Å². The number of nitrogens with one attached hydrogen (secondary N) is 3. The lowest BCUT2D eigenvalue weighted by Gasteiger charge is -2.12. The van der Waals surface area contributed by atoms with Gasteiger partial charge in [-0.05, 0) is 75.5 Å². The molecule has 3 aromatic rings. The molecule has 0 aliphatic rings. The molecule has 0 saturated carbocycles.